The van der Waals surface area contributed by atoms with Gasteiger partial charge >= 0.3 is 0 Å². The molecule has 1 heterocycles. The molecule has 1 amide bonds. The van der Waals surface area contributed by atoms with E-state index >= 15 is 0 Å². The van der Waals surface area contributed by atoms with Gasteiger partial charge in [0, 0.05) is 24.6 Å². The van der Waals surface area contributed by atoms with Crippen LogP contribution in [0.4, 0.5) is 0 Å². The first-order valence-corrected chi connectivity index (χ1v) is 8.73. The monoisotopic (exact) mass is 330 g/mol. The maximum Gasteiger partial charge on any atom is 0.242 e. The fourth-order valence-corrected chi connectivity index (χ4v) is 3.15. The number of rotatable bonds is 3. The Hall–Kier alpha value is -1.68. The van der Waals surface area contributed by atoms with Gasteiger partial charge in [0.25, 0.3) is 0 Å². The molecule has 1 saturated heterocycles. The maximum atomic E-state index is 12.8. The van der Waals surface area contributed by atoms with Crippen molar-refractivity contribution in [3.8, 4) is 0 Å². The Kier molecular flexibility index (Phi) is 5.19. The van der Waals surface area contributed by atoms with Crippen molar-refractivity contribution >= 4 is 11.7 Å². The highest BCUT2D eigenvalue weighted by molar-refractivity contribution is 5.98. The summed E-state index contributed by atoms with van der Waals surface area (Å²) in [6, 6.07) is 7.89. The van der Waals surface area contributed by atoms with E-state index in [1.165, 1.54) is 5.56 Å². The zero-order valence-electron chi connectivity index (χ0n) is 15.6. The molecule has 0 saturated carbocycles. The second kappa shape index (κ2) is 6.67. The molecule has 1 aliphatic rings. The van der Waals surface area contributed by atoms with Crippen LogP contribution in [0.25, 0.3) is 0 Å². The van der Waals surface area contributed by atoms with Crippen molar-refractivity contribution < 1.29 is 9.59 Å². The van der Waals surface area contributed by atoms with Gasteiger partial charge in [-0.25, -0.2) is 0 Å². The molecule has 0 unspecified atom stereocenters. The van der Waals surface area contributed by atoms with Gasteiger partial charge < -0.3 is 10.6 Å². The molecule has 2 rings (SSSR count). The van der Waals surface area contributed by atoms with Crippen LogP contribution in [0.1, 0.15) is 63.4 Å². The SMILES string of the molecule is CC(C)(N)C(=O)N1CCC[C@H](C(=O)c2ccc(C(C)(C)C)cc2)C1. The van der Waals surface area contributed by atoms with E-state index in [9.17, 15) is 9.59 Å². The number of hydrogen-bond acceptors (Lipinski definition) is 3. The number of hydrogen-bond donors (Lipinski definition) is 1. The van der Waals surface area contributed by atoms with E-state index in [2.05, 4.69) is 20.8 Å². The van der Waals surface area contributed by atoms with Gasteiger partial charge in [0.1, 0.15) is 0 Å². The Balaban J connectivity index is 2.11. The highest BCUT2D eigenvalue weighted by atomic mass is 16.2. The van der Waals surface area contributed by atoms with E-state index < -0.39 is 5.54 Å². The molecule has 132 valence electrons. The number of nitrogens with zero attached hydrogens (tertiary/aromatic N) is 1. The number of benzene rings is 1. The molecule has 4 nitrogen and oxygen atoms in total. The minimum Gasteiger partial charge on any atom is -0.340 e. The number of piperidine rings is 1. The number of carbonyl (C=O) groups excluding carboxylic acids is 2. The van der Waals surface area contributed by atoms with E-state index in [4.69, 9.17) is 5.73 Å². The van der Waals surface area contributed by atoms with Gasteiger partial charge in [-0.1, -0.05) is 45.0 Å². The summed E-state index contributed by atoms with van der Waals surface area (Å²) in [6.07, 6.45) is 1.67. The zero-order valence-corrected chi connectivity index (χ0v) is 15.6. The third-order valence-corrected chi connectivity index (χ3v) is 4.67. The first kappa shape index (κ1) is 18.7. The van der Waals surface area contributed by atoms with Crippen molar-refractivity contribution in [1.82, 2.24) is 4.90 Å². The van der Waals surface area contributed by atoms with Crippen LogP contribution in [-0.2, 0) is 10.2 Å². The van der Waals surface area contributed by atoms with Gasteiger partial charge in [0.2, 0.25) is 5.91 Å². The van der Waals surface area contributed by atoms with Gasteiger partial charge in [-0.3, -0.25) is 9.59 Å². The van der Waals surface area contributed by atoms with Gasteiger partial charge in [-0.15, -0.1) is 0 Å². The Bertz CT molecular complexity index is 606. The minimum atomic E-state index is -0.890. The molecule has 4 heteroatoms. The quantitative estimate of drug-likeness (QED) is 0.866. The molecular formula is C20H30N2O2. The van der Waals surface area contributed by atoms with Crippen molar-refractivity contribution in [3.63, 3.8) is 0 Å². The molecule has 0 aliphatic carbocycles. The maximum absolute atomic E-state index is 12.8. The Morgan fingerprint density at radius 3 is 2.17 bits per heavy atom. The highest BCUT2D eigenvalue weighted by Crippen LogP contribution is 2.25. The molecule has 1 aliphatic heterocycles. The molecule has 0 radical (unpaired) electrons. The summed E-state index contributed by atoms with van der Waals surface area (Å²) < 4.78 is 0. The summed E-state index contributed by atoms with van der Waals surface area (Å²) in [4.78, 5) is 26.9. The van der Waals surface area contributed by atoms with Crippen molar-refractivity contribution in [1.29, 1.82) is 0 Å². The lowest BCUT2D eigenvalue weighted by Gasteiger charge is -2.35. The summed E-state index contributed by atoms with van der Waals surface area (Å²) in [5, 5.41) is 0. The van der Waals surface area contributed by atoms with Crippen LogP contribution in [0.3, 0.4) is 0 Å². The first-order valence-electron chi connectivity index (χ1n) is 8.73. The topological polar surface area (TPSA) is 63.4 Å². The fraction of sp³-hybridized carbons (Fsp3) is 0.600. The zero-order chi connectivity index (χ0) is 18.1. The van der Waals surface area contributed by atoms with E-state index in [0.29, 0.717) is 13.1 Å². The van der Waals surface area contributed by atoms with E-state index in [1.807, 2.05) is 24.3 Å². The van der Waals surface area contributed by atoms with Crippen molar-refractivity contribution in [3.05, 3.63) is 35.4 Å². The van der Waals surface area contributed by atoms with Crippen LogP contribution >= 0.6 is 0 Å². The second-order valence-corrected chi connectivity index (χ2v) is 8.50. The van der Waals surface area contributed by atoms with Crippen molar-refractivity contribution in [2.24, 2.45) is 11.7 Å². The van der Waals surface area contributed by atoms with Gasteiger partial charge in [0.05, 0.1) is 5.54 Å². The van der Waals surface area contributed by atoms with Gasteiger partial charge in [0.15, 0.2) is 5.78 Å². The van der Waals surface area contributed by atoms with Crippen molar-refractivity contribution in [2.75, 3.05) is 13.1 Å². The molecule has 24 heavy (non-hydrogen) atoms. The standard InChI is InChI=1S/C20H30N2O2/c1-19(2,3)16-10-8-14(9-11-16)17(23)15-7-6-12-22(13-15)18(24)20(4,5)21/h8-11,15H,6-7,12-13,21H2,1-5H3/t15-/m0/s1. The summed E-state index contributed by atoms with van der Waals surface area (Å²) in [7, 11) is 0. The highest BCUT2D eigenvalue weighted by Gasteiger charge is 2.34. The summed E-state index contributed by atoms with van der Waals surface area (Å²) in [6.45, 7) is 11.1. The minimum absolute atomic E-state index is 0.0718. The van der Waals surface area contributed by atoms with E-state index in [0.717, 1.165) is 18.4 Å². The fourth-order valence-electron chi connectivity index (χ4n) is 3.15. The predicted molar refractivity (Wildman–Crippen MR) is 97.0 cm³/mol. The number of nitrogens with two attached hydrogens (primary N) is 1. The average molecular weight is 330 g/mol. The lowest BCUT2D eigenvalue weighted by atomic mass is 9.84. The Labute approximate surface area is 145 Å². The van der Waals surface area contributed by atoms with Crippen LogP contribution < -0.4 is 5.73 Å². The molecule has 1 aromatic carbocycles. The lowest BCUT2D eigenvalue weighted by Crippen LogP contribution is -2.54. The molecular weight excluding hydrogens is 300 g/mol. The molecule has 1 fully saturated rings. The summed E-state index contributed by atoms with van der Waals surface area (Å²) >= 11 is 0. The average Bonchev–Trinajstić information content (AvgIpc) is 2.52. The van der Waals surface area contributed by atoms with Crippen LogP contribution in [-0.4, -0.2) is 35.2 Å². The number of amides is 1. The predicted octanol–water partition coefficient (Wildman–Crippen LogP) is 3.14. The molecule has 2 N–H and O–H groups in total. The van der Waals surface area contributed by atoms with E-state index in [1.54, 1.807) is 18.7 Å². The largest absolute Gasteiger partial charge is 0.340 e. The van der Waals surface area contributed by atoms with Crippen LogP contribution in [0.15, 0.2) is 24.3 Å². The third kappa shape index (κ3) is 4.23. The number of ketones is 1. The summed E-state index contributed by atoms with van der Waals surface area (Å²) in [5.41, 5.74) is 7.05. The van der Waals surface area contributed by atoms with Gasteiger partial charge in [-0.2, -0.15) is 0 Å². The number of likely N-dealkylation sites (tertiary alicyclic amines) is 1. The normalized spacial score (nSPS) is 19.2. The molecule has 0 spiro atoms. The second-order valence-electron chi connectivity index (χ2n) is 8.50. The molecule has 0 aromatic heterocycles. The van der Waals surface area contributed by atoms with E-state index in [-0.39, 0.29) is 23.0 Å². The molecule has 1 aromatic rings. The smallest absolute Gasteiger partial charge is 0.242 e. The lowest BCUT2D eigenvalue weighted by molar-refractivity contribution is -0.137. The number of carbonyl (C=O) groups is 2. The Morgan fingerprint density at radius 2 is 1.67 bits per heavy atom. The van der Waals surface area contributed by atoms with Gasteiger partial charge in [-0.05, 0) is 37.7 Å². The third-order valence-electron chi connectivity index (χ3n) is 4.67. The molecule has 1 atom stereocenters. The first-order chi connectivity index (χ1) is 11.0. The Morgan fingerprint density at radius 1 is 1.08 bits per heavy atom. The molecule has 0 bridgehead atoms. The summed E-state index contributed by atoms with van der Waals surface area (Å²) in [5.74, 6) is -0.0867. The van der Waals surface area contributed by atoms with Crippen LogP contribution in [0.5, 0.6) is 0 Å². The van der Waals surface area contributed by atoms with Crippen LogP contribution in [0.2, 0.25) is 0 Å². The van der Waals surface area contributed by atoms with Crippen molar-refractivity contribution in [2.45, 2.75) is 58.4 Å². The number of Topliss-reactive ketones (excluding diaryl/α,β-unsaturated/α-hetero) is 1. The van der Waals surface area contributed by atoms with Crippen LogP contribution in [0, 0.1) is 5.92 Å².